The first-order chi connectivity index (χ1) is 19.0. The lowest BCUT2D eigenvalue weighted by atomic mass is 10.1. The van der Waals surface area contributed by atoms with Gasteiger partial charge in [0.15, 0.2) is 11.5 Å². The number of nitrogens with one attached hydrogen (secondary N) is 2. The van der Waals surface area contributed by atoms with Crippen LogP contribution in [0.1, 0.15) is 50.6 Å². The van der Waals surface area contributed by atoms with Crippen molar-refractivity contribution in [1.29, 1.82) is 0 Å². The van der Waals surface area contributed by atoms with E-state index in [4.69, 9.17) is 23.2 Å². The Balaban J connectivity index is 1.49. The number of alkyl halides is 3. The van der Waals surface area contributed by atoms with Gasteiger partial charge in [-0.15, -0.1) is 5.10 Å². The Bertz CT molecular complexity index is 1600. The lowest BCUT2D eigenvalue weighted by Gasteiger charge is -2.15. The SMILES string of the molecule is Cc1cc(Cl)cc(C(=O)NCC2CC2)c1NC(=O)c1cc(Cn2cc(C(F)(F)F)nn2)nn1-c1ncccc1Cl. The molecular formula is C25H21Cl2F3N8O2. The minimum absolute atomic E-state index is 0.0366. The Morgan fingerprint density at radius 3 is 2.60 bits per heavy atom. The second-order valence-corrected chi connectivity index (χ2v) is 10.1. The molecule has 0 aliphatic heterocycles. The van der Waals surface area contributed by atoms with E-state index in [0.29, 0.717) is 23.0 Å². The monoisotopic (exact) mass is 592 g/mol. The van der Waals surface area contributed by atoms with Gasteiger partial charge in [-0.1, -0.05) is 28.4 Å². The van der Waals surface area contributed by atoms with Gasteiger partial charge >= 0.3 is 6.18 Å². The number of aryl methyl sites for hydroxylation is 1. The molecule has 0 unspecified atom stereocenters. The van der Waals surface area contributed by atoms with Gasteiger partial charge in [0.25, 0.3) is 11.8 Å². The molecular weight excluding hydrogens is 572 g/mol. The average Bonchev–Trinajstić information content (AvgIpc) is 3.43. The van der Waals surface area contributed by atoms with Crippen LogP contribution in [0.5, 0.6) is 0 Å². The molecule has 4 aromatic rings. The second kappa shape index (κ2) is 10.9. The van der Waals surface area contributed by atoms with Crippen molar-refractivity contribution in [2.24, 2.45) is 5.92 Å². The Morgan fingerprint density at radius 1 is 1.15 bits per heavy atom. The summed E-state index contributed by atoms with van der Waals surface area (Å²) in [5.41, 5.74) is -0.0462. The summed E-state index contributed by atoms with van der Waals surface area (Å²) in [7, 11) is 0. The number of pyridine rings is 1. The summed E-state index contributed by atoms with van der Waals surface area (Å²) in [6.07, 6.45) is -0.387. The zero-order valence-corrected chi connectivity index (χ0v) is 22.3. The van der Waals surface area contributed by atoms with Gasteiger partial charge in [0.05, 0.1) is 34.7 Å². The van der Waals surface area contributed by atoms with Crippen LogP contribution < -0.4 is 10.6 Å². The van der Waals surface area contributed by atoms with Gasteiger partial charge < -0.3 is 10.6 Å². The van der Waals surface area contributed by atoms with E-state index in [1.54, 1.807) is 25.1 Å². The number of amides is 2. The molecule has 1 aliphatic rings. The van der Waals surface area contributed by atoms with Gasteiger partial charge in [0.2, 0.25) is 0 Å². The maximum atomic E-state index is 13.6. The van der Waals surface area contributed by atoms with Crippen LogP contribution in [-0.2, 0) is 12.7 Å². The van der Waals surface area contributed by atoms with E-state index in [0.717, 1.165) is 23.7 Å². The fourth-order valence-corrected chi connectivity index (χ4v) is 4.43. The van der Waals surface area contributed by atoms with Crippen LogP contribution in [0.15, 0.2) is 42.7 Å². The molecule has 1 aliphatic carbocycles. The average molecular weight is 593 g/mol. The molecule has 1 fully saturated rings. The molecule has 0 bridgehead atoms. The Kier molecular flexibility index (Phi) is 7.51. The van der Waals surface area contributed by atoms with Gasteiger partial charge in [-0.2, -0.15) is 18.3 Å². The standard InChI is InChI=1S/C25H21Cl2F3N8O2/c1-13-7-15(26)8-17(23(39)32-10-14-4-5-14)21(13)33-24(40)19-9-16(11-37-12-20(34-36-37)25(28,29)30)35-38(19)22-18(27)3-2-6-31-22/h2-3,6-9,12,14H,4-5,10-11H2,1H3,(H,32,39)(H,33,40). The predicted octanol–water partition coefficient (Wildman–Crippen LogP) is 4.93. The number of rotatable bonds is 8. The van der Waals surface area contributed by atoms with Gasteiger partial charge in [0, 0.05) is 17.8 Å². The van der Waals surface area contributed by atoms with Gasteiger partial charge in [0.1, 0.15) is 5.69 Å². The summed E-state index contributed by atoms with van der Waals surface area (Å²) >= 11 is 12.5. The predicted molar refractivity (Wildman–Crippen MR) is 140 cm³/mol. The van der Waals surface area contributed by atoms with Crippen molar-refractivity contribution in [2.75, 3.05) is 11.9 Å². The van der Waals surface area contributed by atoms with E-state index in [9.17, 15) is 22.8 Å². The third-order valence-corrected chi connectivity index (χ3v) is 6.63. The smallest absolute Gasteiger partial charge is 0.352 e. The van der Waals surface area contributed by atoms with E-state index in [-0.39, 0.29) is 45.9 Å². The lowest BCUT2D eigenvalue weighted by Crippen LogP contribution is -2.28. The first-order valence-electron chi connectivity index (χ1n) is 12.1. The van der Waals surface area contributed by atoms with Crippen LogP contribution in [0.3, 0.4) is 0 Å². The third kappa shape index (κ3) is 6.10. The molecule has 0 saturated heterocycles. The highest BCUT2D eigenvalue weighted by Gasteiger charge is 2.34. The number of hydrogen-bond acceptors (Lipinski definition) is 6. The maximum Gasteiger partial charge on any atom is 0.436 e. The molecule has 1 saturated carbocycles. The minimum atomic E-state index is -4.66. The molecule has 0 atom stereocenters. The van der Waals surface area contributed by atoms with Gasteiger partial charge in [-0.25, -0.2) is 14.3 Å². The number of carbonyl (C=O) groups excluding carboxylic acids is 2. The molecule has 2 amide bonds. The summed E-state index contributed by atoms with van der Waals surface area (Å²) in [5.74, 6) is -0.501. The molecule has 208 valence electrons. The van der Waals surface area contributed by atoms with Gasteiger partial charge in [-0.3, -0.25) is 9.59 Å². The Labute approximate surface area is 235 Å². The second-order valence-electron chi connectivity index (χ2n) is 9.29. The van der Waals surface area contributed by atoms with E-state index in [2.05, 4.69) is 31.0 Å². The van der Waals surface area contributed by atoms with Crippen molar-refractivity contribution >= 4 is 40.7 Å². The molecule has 15 heteroatoms. The summed E-state index contributed by atoms with van der Waals surface area (Å²) in [6, 6.07) is 7.58. The number of benzene rings is 1. The molecule has 3 heterocycles. The zero-order chi connectivity index (χ0) is 28.6. The molecule has 3 aromatic heterocycles. The summed E-state index contributed by atoms with van der Waals surface area (Å²) in [4.78, 5) is 30.8. The largest absolute Gasteiger partial charge is 0.436 e. The minimum Gasteiger partial charge on any atom is -0.352 e. The Morgan fingerprint density at radius 2 is 1.93 bits per heavy atom. The van der Waals surface area contributed by atoms with Crippen LogP contribution in [0.2, 0.25) is 10.0 Å². The Hall–Kier alpha value is -3.97. The number of aromatic nitrogens is 6. The third-order valence-electron chi connectivity index (χ3n) is 6.12. The highest BCUT2D eigenvalue weighted by atomic mass is 35.5. The quantitative estimate of drug-likeness (QED) is 0.299. The number of anilines is 1. The van der Waals surface area contributed by atoms with Crippen molar-refractivity contribution in [2.45, 2.75) is 32.5 Å². The van der Waals surface area contributed by atoms with E-state index < -0.39 is 17.8 Å². The van der Waals surface area contributed by atoms with Crippen molar-refractivity contribution < 1.29 is 22.8 Å². The molecule has 40 heavy (non-hydrogen) atoms. The molecule has 10 nitrogen and oxygen atoms in total. The molecule has 0 spiro atoms. The van der Waals surface area contributed by atoms with E-state index >= 15 is 0 Å². The summed E-state index contributed by atoms with van der Waals surface area (Å²) in [5, 5.41) is 17.1. The fourth-order valence-electron chi connectivity index (χ4n) is 3.96. The lowest BCUT2D eigenvalue weighted by molar-refractivity contribution is -0.141. The summed E-state index contributed by atoms with van der Waals surface area (Å²) < 4.78 is 41.0. The molecule has 2 N–H and O–H groups in total. The number of halogens is 5. The van der Waals surface area contributed by atoms with Gasteiger partial charge in [-0.05, 0) is 61.6 Å². The zero-order valence-electron chi connectivity index (χ0n) is 20.8. The van der Waals surface area contributed by atoms with Crippen molar-refractivity contribution in [3.8, 4) is 5.82 Å². The molecule has 0 radical (unpaired) electrons. The van der Waals surface area contributed by atoms with Crippen LogP contribution in [-0.4, -0.2) is 48.1 Å². The summed E-state index contributed by atoms with van der Waals surface area (Å²) in [6.45, 7) is 1.99. The van der Waals surface area contributed by atoms with Crippen LogP contribution in [0.25, 0.3) is 5.82 Å². The maximum absolute atomic E-state index is 13.6. The first-order valence-corrected chi connectivity index (χ1v) is 12.8. The van der Waals surface area contributed by atoms with Crippen LogP contribution in [0, 0.1) is 12.8 Å². The van der Waals surface area contributed by atoms with Crippen molar-refractivity contribution in [3.63, 3.8) is 0 Å². The van der Waals surface area contributed by atoms with E-state index in [1.165, 1.54) is 23.0 Å². The van der Waals surface area contributed by atoms with Crippen molar-refractivity contribution in [1.82, 2.24) is 35.1 Å². The first kappa shape index (κ1) is 27.6. The molecule has 5 rings (SSSR count). The fraction of sp³-hybridized carbons (Fsp3) is 0.280. The number of carbonyl (C=O) groups is 2. The van der Waals surface area contributed by atoms with Crippen LogP contribution in [0.4, 0.5) is 18.9 Å². The molecule has 1 aromatic carbocycles. The highest BCUT2D eigenvalue weighted by molar-refractivity contribution is 6.32. The van der Waals surface area contributed by atoms with Crippen LogP contribution >= 0.6 is 23.2 Å². The normalized spacial score (nSPS) is 13.3. The highest BCUT2D eigenvalue weighted by Crippen LogP contribution is 2.30. The number of nitrogens with zero attached hydrogens (tertiary/aromatic N) is 6. The number of hydrogen-bond donors (Lipinski definition) is 2. The topological polar surface area (TPSA) is 120 Å². The van der Waals surface area contributed by atoms with Crippen molar-refractivity contribution in [3.05, 3.63) is 81.0 Å². The van der Waals surface area contributed by atoms with E-state index in [1.807, 2.05) is 0 Å².